The summed E-state index contributed by atoms with van der Waals surface area (Å²) in [5.74, 6) is -0.0485. The van der Waals surface area contributed by atoms with Crippen molar-refractivity contribution in [1.82, 2.24) is 20.2 Å². The fourth-order valence-electron chi connectivity index (χ4n) is 2.65. The monoisotopic (exact) mass is 330 g/mol. The van der Waals surface area contributed by atoms with Gasteiger partial charge in [0, 0.05) is 36.4 Å². The lowest BCUT2D eigenvalue weighted by molar-refractivity contribution is -0.121. The van der Waals surface area contributed by atoms with Crippen LogP contribution in [0.15, 0.2) is 36.1 Å². The average Bonchev–Trinajstić information content (AvgIpc) is 3.08. The largest absolute Gasteiger partial charge is 0.353 e. The number of thiophene rings is 1. The summed E-state index contributed by atoms with van der Waals surface area (Å²) in [6.45, 7) is 1.25. The third kappa shape index (κ3) is 4.13. The van der Waals surface area contributed by atoms with E-state index < -0.39 is 0 Å². The van der Waals surface area contributed by atoms with Crippen molar-refractivity contribution in [3.63, 3.8) is 0 Å². The van der Waals surface area contributed by atoms with E-state index in [9.17, 15) is 9.59 Å². The molecule has 2 aromatic heterocycles. The van der Waals surface area contributed by atoms with Crippen LogP contribution in [0, 0.1) is 0 Å². The second-order valence-corrected chi connectivity index (χ2v) is 6.51. The molecule has 1 N–H and O–H groups in total. The normalized spacial score (nSPS) is 15.4. The molecule has 2 aromatic rings. The van der Waals surface area contributed by atoms with Crippen molar-refractivity contribution >= 4 is 23.2 Å². The summed E-state index contributed by atoms with van der Waals surface area (Å²) in [6, 6.07) is 4.05. The van der Waals surface area contributed by atoms with E-state index in [-0.39, 0.29) is 17.9 Å². The molecule has 0 saturated carbocycles. The van der Waals surface area contributed by atoms with Gasteiger partial charge in [-0.3, -0.25) is 14.6 Å². The van der Waals surface area contributed by atoms with Gasteiger partial charge in [0.15, 0.2) is 0 Å². The highest BCUT2D eigenvalue weighted by Crippen LogP contribution is 2.14. The number of likely N-dealkylation sites (tertiary alicyclic amines) is 1. The molecule has 3 rings (SSSR count). The Morgan fingerprint density at radius 3 is 2.78 bits per heavy atom. The van der Waals surface area contributed by atoms with Crippen LogP contribution in [0.4, 0.5) is 0 Å². The molecule has 1 aliphatic heterocycles. The molecule has 3 heterocycles. The molecule has 0 spiro atoms. The Kier molecular flexibility index (Phi) is 4.97. The van der Waals surface area contributed by atoms with E-state index in [1.807, 2.05) is 17.5 Å². The highest BCUT2D eigenvalue weighted by Gasteiger charge is 2.25. The lowest BCUT2D eigenvalue weighted by Crippen LogP contribution is -2.47. The van der Waals surface area contributed by atoms with Gasteiger partial charge in [-0.1, -0.05) is 6.07 Å². The van der Waals surface area contributed by atoms with Crippen LogP contribution in [-0.2, 0) is 11.2 Å². The topological polar surface area (TPSA) is 75.2 Å². The maximum atomic E-state index is 12.3. The van der Waals surface area contributed by atoms with E-state index in [0.717, 1.165) is 17.7 Å². The Hall–Kier alpha value is -2.28. The third-order valence-electron chi connectivity index (χ3n) is 3.84. The molecule has 0 atom stereocenters. The quantitative estimate of drug-likeness (QED) is 0.922. The van der Waals surface area contributed by atoms with Gasteiger partial charge in [0.25, 0.3) is 5.91 Å². The van der Waals surface area contributed by atoms with Crippen molar-refractivity contribution in [2.75, 3.05) is 13.1 Å². The molecule has 1 fully saturated rings. The molecule has 0 aliphatic carbocycles. The van der Waals surface area contributed by atoms with Crippen LogP contribution in [-0.4, -0.2) is 45.8 Å². The lowest BCUT2D eigenvalue weighted by atomic mass is 10.0. The summed E-state index contributed by atoms with van der Waals surface area (Å²) in [5.41, 5.74) is 0.368. The molecular formula is C16H18N4O2S. The van der Waals surface area contributed by atoms with Gasteiger partial charge in [-0.15, -0.1) is 11.3 Å². The van der Waals surface area contributed by atoms with E-state index in [4.69, 9.17) is 0 Å². The summed E-state index contributed by atoms with van der Waals surface area (Å²) < 4.78 is 0. The molecule has 2 amide bonds. The fourth-order valence-corrected chi connectivity index (χ4v) is 3.35. The molecule has 1 saturated heterocycles. The SMILES string of the molecule is O=C(Cc1cccs1)NC1CCN(C(=O)c2cnccn2)CC1. The van der Waals surface area contributed by atoms with E-state index in [0.29, 0.717) is 25.2 Å². The first kappa shape index (κ1) is 15.6. The second kappa shape index (κ2) is 7.32. The first-order valence-corrected chi connectivity index (χ1v) is 8.47. The zero-order valence-corrected chi connectivity index (χ0v) is 13.5. The van der Waals surface area contributed by atoms with Crippen LogP contribution in [0.3, 0.4) is 0 Å². The number of amides is 2. The van der Waals surface area contributed by atoms with E-state index >= 15 is 0 Å². The van der Waals surface area contributed by atoms with E-state index in [1.54, 1.807) is 22.4 Å². The summed E-state index contributed by atoms with van der Waals surface area (Å²) in [4.78, 5) is 35.1. The number of carbonyl (C=O) groups excluding carboxylic acids is 2. The minimum absolute atomic E-state index is 0.0474. The van der Waals surface area contributed by atoms with Crippen molar-refractivity contribution in [1.29, 1.82) is 0 Å². The highest BCUT2D eigenvalue weighted by molar-refractivity contribution is 7.10. The smallest absolute Gasteiger partial charge is 0.274 e. The van der Waals surface area contributed by atoms with Crippen molar-refractivity contribution < 1.29 is 9.59 Å². The van der Waals surface area contributed by atoms with E-state index in [2.05, 4.69) is 15.3 Å². The molecule has 0 aromatic carbocycles. The molecule has 6 nitrogen and oxygen atoms in total. The minimum atomic E-state index is -0.0959. The number of nitrogens with zero attached hydrogens (tertiary/aromatic N) is 3. The van der Waals surface area contributed by atoms with E-state index in [1.165, 1.54) is 12.4 Å². The van der Waals surface area contributed by atoms with Crippen molar-refractivity contribution in [3.05, 3.63) is 46.7 Å². The molecule has 0 radical (unpaired) electrons. The average molecular weight is 330 g/mol. The molecule has 23 heavy (non-hydrogen) atoms. The predicted molar refractivity (Wildman–Crippen MR) is 87.1 cm³/mol. The Balaban J connectivity index is 1.47. The number of hydrogen-bond acceptors (Lipinski definition) is 5. The van der Waals surface area contributed by atoms with Gasteiger partial charge < -0.3 is 10.2 Å². The molecule has 0 bridgehead atoms. The van der Waals surface area contributed by atoms with Gasteiger partial charge >= 0.3 is 0 Å². The predicted octanol–water partition coefficient (Wildman–Crippen LogP) is 1.50. The van der Waals surface area contributed by atoms with Crippen LogP contribution in [0.1, 0.15) is 28.2 Å². The summed E-state index contributed by atoms with van der Waals surface area (Å²) in [6.07, 6.45) is 6.51. The zero-order valence-electron chi connectivity index (χ0n) is 12.6. The van der Waals surface area contributed by atoms with Crippen LogP contribution in [0.5, 0.6) is 0 Å². The molecule has 1 aliphatic rings. The second-order valence-electron chi connectivity index (χ2n) is 5.48. The number of piperidine rings is 1. The van der Waals surface area contributed by atoms with Gasteiger partial charge in [-0.25, -0.2) is 4.98 Å². The number of rotatable bonds is 4. The van der Waals surface area contributed by atoms with Crippen LogP contribution in [0.2, 0.25) is 0 Å². The molecule has 0 unspecified atom stereocenters. The van der Waals surface area contributed by atoms with Crippen LogP contribution >= 0.6 is 11.3 Å². The number of carbonyl (C=O) groups is 2. The van der Waals surface area contributed by atoms with Gasteiger partial charge in [-0.2, -0.15) is 0 Å². The Morgan fingerprint density at radius 1 is 1.30 bits per heavy atom. The van der Waals surface area contributed by atoms with Crippen molar-refractivity contribution in [2.24, 2.45) is 0 Å². The number of nitrogens with one attached hydrogen (secondary N) is 1. The first-order chi connectivity index (χ1) is 11.2. The maximum absolute atomic E-state index is 12.3. The first-order valence-electron chi connectivity index (χ1n) is 7.59. The highest BCUT2D eigenvalue weighted by atomic mass is 32.1. The summed E-state index contributed by atoms with van der Waals surface area (Å²) >= 11 is 1.59. The number of aromatic nitrogens is 2. The van der Waals surface area contributed by atoms with Crippen molar-refractivity contribution in [2.45, 2.75) is 25.3 Å². The molecule has 120 valence electrons. The Bertz CT molecular complexity index is 652. The molecular weight excluding hydrogens is 312 g/mol. The summed E-state index contributed by atoms with van der Waals surface area (Å²) in [5, 5.41) is 5.03. The van der Waals surface area contributed by atoms with Gasteiger partial charge in [0.2, 0.25) is 5.91 Å². The Morgan fingerprint density at radius 2 is 2.13 bits per heavy atom. The van der Waals surface area contributed by atoms with Crippen LogP contribution < -0.4 is 5.32 Å². The zero-order chi connectivity index (χ0) is 16.1. The van der Waals surface area contributed by atoms with Gasteiger partial charge in [-0.05, 0) is 24.3 Å². The van der Waals surface area contributed by atoms with Crippen LogP contribution in [0.25, 0.3) is 0 Å². The van der Waals surface area contributed by atoms with Gasteiger partial charge in [0.05, 0.1) is 12.6 Å². The maximum Gasteiger partial charge on any atom is 0.274 e. The minimum Gasteiger partial charge on any atom is -0.353 e. The number of hydrogen-bond donors (Lipinski definition) is 1. The lowest BCUT2D eigenvalue weighted by Gasteiger charge is -2.32. The molecule has 7 heteroatoms. The standard InChI is InChI=1S/C16H18N4O2S/c21-15(10-13-2-1-9-23-13)19-12-3-7-20(8-4-12)16(22)14-11-17-5-6-18-14/h1-2,5-6,9,11-12H,3-4,7-8,10H2,(H,19,21). The Labute approximate surface area is 138 Å². The van der Waals surface area contributed by atoms with Crippen molar-refractivity contribution in [3.8, 4) is 0 Å². The fraction of sp³-hybridized carbons (Fsp3) is 0.375. The van der Waals surface area contributed by atoms with Gasteiger partial charge in [0.1, 0.15) is 5.69 Å². The summed E-state index contributed by atoms with van der Waals surface area (Å²) in [7, 11) is 0. The third-order valence-corrected chi connectivity index (χ3v) is 4.72.